The molecule has 1 aromatic rings. The van der Waals surface area contributed by atoms with Crippen LogP contribution in [-0.4, -0.2) is 40.6 Å². The Balaban J connectivity index is 1.71. The molecular formula is C15H28N4. The van der Waals surface area contributed by atoms with E-state index < -0.39 is 0 Å². The van der Waals surface area contributed by atoms with E-state index in [1.54, 1.807) is 0 Å². The molecule has 1 fully saturated rings. The molecule has 0 aromatic carbocycles. The van der Waals surface area contributed by atoms with Crippen molar-refractivity contribution in [1.82, 2.24) is 19.8 Å². The van der Waals surface area contributed by atoms with E-state index in [1.165, 1.54) is 44.6 Å². The van der Waals surface area contributed by atoms with Crippen molar-refractivity contribution in [3.63, 3.8) is 0 Å². The summed E-state index contributed by atoms with van der Waals surface area (Å²) in [5.41, 5.74) is 1.35. The van der Waals surface area contributed by atoms with Crippen LogP contribution in [0.4, 0.5) is 0 Å². The van der Waals surface area contributed by atoms with Crippen LogP contribution >= 0.6 is 0 Å². The normalized spacial score (nSPS) is 18.0. The zero-order chi connectivity index (χ0) is 13.5. The summed E-state index contributed by atoms with van der Waals surface area (Å²) in [6.45, 7) is 11.3. The monoisotopic (exact) mass is 264 g/mol. The van der Waals surface area contributed by atoms with Crippen molar-refractivity contribution in [2.24, 2.45) is 5.92 Å². The molecule has 0 unspecified atom stereocenters. The zero-order valence-corrected chi connectivity index (χ0v) is 12.4. The highest BCUT2D eigenvalue weighted by Crippen LogP contribution is 2.18. The Bertz CT molecular complexity index is 353. The van der Waals surface area contributed by atoms with E-state index in [9.17, 15) is 0 Å². The summed E-state index contributed by atoms with van der Waals surface area (Å²) in [6, 6.07) is 0. The highest BCUT2D eigenvalue weighted by atomic mass is 15.2. The molecule has 1 saturated heterocycles. The summed E-state index contributed by atoms with van der Waals surface area (Å²) >= 11 is 0. The average Bonchev–Trinajstić information content (AvgIpc) is 2.88. The van der Waals surface area contributed by atoms with Gasteiger partial charge in [-0.1, -0.05) is 6.92 Å². The van der Waals surface area contributed by atoms with Crippen molar-refractivity contribution in [1.29, 1.82) is 0 Å². The van der Waals surface area contributed by atoms with E-state index in [0.29, 0.717) is 0 Å². The first-order chi connectivity index (χ1) is 9.33. The van der Waals surface area contributed by atoms with Gasteiger partial charge in [-0.25, -0.2) is 4.98 Å². The fourth-order valence-corrected chi connectivity index (χ4v) is 2.83. The molecule has 19 heavy (non-hydrogen) atoms. The molecule has 1 aromatic heterocycles. The third-order valence-corrected chi connectivity index (χ3v) is 4.09. The lowest BCUT2D eigenvalue weighted by Gasteiger charge is -2.32. The summed E-state index contributed by atoms with van der Waals surface area (Å²) in [7, 11) is 0. The van der Waals surface area contributed by atoms with Crippen molar-refractivity contribution in [2.75, 3.05) is 26.2 Å². The number of rotatable bonds is 7. The Morgan fingerprint density at radius 1 is 1.32 bits per heavy atom. The van der Waals surface area contributed by atoms with Crippen LogP contribution in [0.15, 0.2) is 12.5 Å². The molecular weight excluding hydrogens is 236 g/mol. The van der Waals surface area contributed by atoms with Crippen LogP contribution in [0.2, 0.25) is 0 Å². The molecule has 0 spiro atoms. The number of nitrogens with zero attached hydrogens (tertiary/aromatic N) is 3. The van der Waals surface area contributed by atoms with Crippen LogP contribution in [0.25, 0.3) is 0 Å². The Morgan fingerprint density at radius 2 is 2.11 bits per heavy atom. The van der Waals surface area contributed by atoms with Gasteiger partial charge in [0.25, 0.3) is 0 Å². The Morgan fingerprint density at radius 3 is 2.79 bits per heavy atom. The van der Waals surface area contributed by atoms with Crippen LogP contribution in [0.3, 0.4) is 0 Å². The SMILES string of the molecule is CCCNCC1CCN(Cc2cncn2CC)CC1. The van der Waals surface area contributed by atoms with Gasteiger partial charge in [0, 0.05) is 19.3 Å². The number of hydrogen-bond acceptors (Lipinski definition) is 3. The summed E-state index contributed by atoms with van der Waals surface area (Å²) in [5, 5.41) is 3.55. The van der Waals surface area contributed by atoms with Gasteiger partial charge in [0.15, 0.2) is 0 Å². The van der Waals surface area contributed by atoms with Gasteiger partial charge in [0.05, 0.1) is 12.0 Å². The number of piperidine rings is 1. The molecule has 0 radical (unpaired) electrons. The highest BCUT2D eigenvalue weighted by molar-refractivity contribution is 4.98. The van der Waals surface area contributed by atoms with E-state index in [2.05, 4.69) is 33.6 Å². The Hall–Kier alpha value is -0.870. The van der Waals surface area contributed by atoms with E-state index in [0.717, 1.165) is 25.6 Å². The van der Waals surface area contributed by atoms with E-state index in [-0.39, 0.29) is 0 Å². The van der Waals surface area contributed by atoms with Crippen molar-refractivity contribution in [3.8, 4) is 0 Å². The number of aromatic nitrogens is 2. The van der Waals surface area contributed by atoms with Crippen LogP contribution in [0.5, 0.6) is 0 Å². The molecule has 4 heteroatoms. The highest BCUT2D eigenvalue weighted by Gasteiger charge is 2.19. The Labute approximate surface area is 117 Å². The summed E-state index contributed by atoms with van der Waals surface area (Å²) in [6.07, 6.45) is 7.85. The maximum Gasteiger partial charge on any atom is 0.0948 e. The number of hydrogen-bond donors (Lipinski definition) is 1. The second-order valence-corrected chi connectivity index (χ2v) is 5.59. The maximum absolute atomic E-state index is 4.25. The van der Waals surface area contributed by atoms with Gasteiger partial charge in [-0.2, -0.15) is 0 Å². The smallest absolute Gasteiger partial charge is 0.0948 e. The first-order valence-corrected chi connectivity index (χ1v) is 7.75. The molecule has 2 heterocycles. The third-order valence-electron chi connectivity index (χ3n) is 4.09. The fourth-order valence-electron chi connectivity index (χ4n) is 2.83. The molecule has 4 nitrogen and oxygen atoms in total. The molecule has 0 bridgehead atoms. The van der Waals surface area contributed by atoms with Crippen LogP contribution in [0, 0.1) is 5.92 Å². The zero-order valence-electron chi connectivity index (χ0n) is 12.4. The van der Waals surface area contributed by atoms with E-state index in [4.69, 9.17) is 0 Å². The van der Waals surface area contributed by atoms with Gasteiger partial charge in [0.2, 0.25) is 0 Å². The quantitative estimate of drug-likeness (QED) is 0.766. The molecule has 1 aliphatic rings. The average molecular weight is 264 g/mol. The first kappa shape index (κ1) is 14.5. The summed E-state index contributed by atoms with van der Waals surface area (Å²) in [5.74, 6) is 0.874. The molecule has 108 valence electrons. The van der Waals surface area contributed by atoms with Crippen LogP contribution < -0.4 is 5.32 Å². The Kier molecular flexibility index (Phi) is 5.86. The van der Waals surface area contributed by atoms with Crippen molar-refractivity contribution < 1.29 is 0 Å². The van der Waals surface area contributed by atoms with Gasteiger partial charge >= 0.3 is 0 Å². The summed E-state index contributed by atoms with van der Waals surface area (Å²) < 4.78 is 2.24. The number of likely N-dealkylation sites (tertiary alicyclic amines) is 1. The minimum absolute atomic E-state index is 0.874. The lowest BCUT2D eigenvalue weighted by atomic mass is 9.96. The van der Waals surface area contributed by atoms with Crippen molar-refractivity contribution in [2.45, 2.75) is 46.2 Å². The largest absolute Gasteiger partial charge is 0.334 e. The molecule has 1 aliphatic heterocycles. The molecule has 1 N–H and O–H groups in total. The van der Waals surface area contributed by atoms with E-state index in [1.807, 2.05) is 12.5 Å². The maximum atomic E-state index is 4.25. The standard InChI is InChI=1S/C15H28N4/c1-3-7-16-10-14-5-8-18(9-6-14)12-15-11-17-13-19(15)4-2/h11,13-14,16H,3-10,12H2,1-2H3. The molecule has 2 rings (SSSR count). The minimum atomic E-state index is 0.874. The van der Waals surface area contributed by atoms with Gasteiger partial charge in [0.1, 0.15) is 0 Å². The van der Waals surface area contributed by atoms with Crippen LogP contribution in [-0.2, 0) is 13.1 Å². The first-order valence-electron chi connectivity index (χ1n) is 7.75. The molecule has 0 aliphatic carbocycles. The minimum Gasteiger partial charge on any atom is -0.334 e. The molecule has 0 atom stereocenters. The predicted octanol–water partition coefficient (Wildman–Crippen LogP) is 2.11. The lowest BCUT2D eigenvalue weighted by molar-refractivity contribution is 0.172. The van der Waals surface area contributed by atoms with Crippen molar-refractivity contribution >= 4 is 0 Å². The van der Waals surface area contributed by atoms with Crippen LogP contribution in [0.1, 0.15) is 38.8 Å². The second-order valence-electron chi connectivity index (χ2n) is 5.59. The van der Waals surface area contributed by atoms with E-state index >= 15 is 0 Å². The summed E-state index contributed by atoms with van der Waals surface area (Å²) in [4.78, 5) is 6.82. The number of imidazole rings is 1. The predicted molar refractivity (Wildman–Crippen MR) is 79.1 cm³/mol. The number of nitrogens with one attached hydrogen (secondary N) is 1. The third kappa shape index (κ3) is 4.32. The molecule has 0 saturated carbocycles. The number of aryl methyl sites for hydroxylation is 1. The fraction of sp³-hybridized carbons (Fsp3) is 0.800. The van der Waals surface area contributed by atoms with Gasteiger partial charge in [-0.3, -0.25) is 4.90 Å². The van der Waals surface area contributed by atoms with Gasteiger partial charge < -0.3 is 9.88 Å². The topological polar surface area (TPSA) is 33.1 Å². The second kappa shape index (κ2) is 7.65. The van der Waals surface area contributed by atoms with Gasteiger partial charge in [-0.15, -0.1) is 0 Å². The van der Waals surface area contributed by atoms with Crippen molar-refractivity contribution in [3.05, 3.63) is 18.2 Å². The lowest BCUT2D eigenvalue weighted by Crippen LogP contribution is -2.37. The van der Waals surface area contributed by atoms with Gasteiger partial charge in [-0.05, 0) is 58.3 Å². The molecule has 0 amide bonds.